The topological polar surface area (TPSA) is 22.1 Å². The Morgan fingerprint density at radius 3 is 2.75 bits per heavy atom. The van der Waals surface area contributed by atoms with Crippen molar-refractivity contribution < 1.29 is 4.74 Å². The Morgan fingerprint density at radius 2 is 2.25 bits per heavy atom. The van der Waals surface area contributed by atoms with Gasteiger partial charge in [-0.25, -0.2) is 4.98 Å². The van der Waals surface area contributed by atoms with Gasteiger partial charge in [0.2, 0.25) is 0 Å². The zero-order valence-corrected chi connectivity index (χ0v) is 7.42. The van der Waals surface area contributed by atoms with Crippen LogP contribution in [0.15, 0.2) is 18.3 Å². The van der Waals surface area contributed by atoms with Gasteiger partial charge in [0.25, 0.3) is 0 Å². The summed E-state index contributed by atoms with van der Waals surface area (Å²) in [5.74, 6) is 0.823. The quantitative estimate of drug-likeness (QED) is 0.658. The molecule has 0 unspecified atom stereocenters. The lowest BCUT2D eigenvalue weighted by Gasteiger charge is -2.26. The summed E-state index contributed by atoms with van der Waals surface area (Å²) >= 11 is 5.63. The summed E-state index contributed by atoms with van der Waals surface area (Å²) in [5.41, 5.74) is 0. The van der Waals surface area contributed by atoms with Gasteiger partial charge in [0.1, 0.15) is 10.9 Å². The number of aromatic nitrogens is 1. The van der Waals surface area contributed by atoms with Crippen LogP contribution in [0, 0.1) is 0 Å². The predicted molar refractivity (Wildman–Crippen MR) is 47.5 cm³/mol. The van der Waals surface area contributed by atoms with E-state index in [1.807, 2.05) is 6.07 Å². The molecule has 1 aromatic heterocycles. The summed E-state index contributed by atoms with van der Waals surface area (Å²) in [7, 11) is 0. The molecule has 0 aliphatic heterocycles. The molecule has 0 amide bonds. The zero-order valence-electron chi connectivity index (χ0n) is 6.66. The Morgan fingerprint density at radius 1 is 1.42 bits per heavy atom. The van der Waals surface area contributed by atoms with Gasteiger partial charge in [-0.05, 0) is 31.4 Å². The molecule has 2 rings (SSSR count). The van der Waals surface area contributed by atoms with Crippen molar-refractivity contribution in [1.29, 1.82) is 0 Å². The molecule has 1 aromatic rings. The molecule has 1 heterocycles. The number of pyridine rings is 1. The van der Waals surface area contributed by atoms with E-state index in [-0.39, 0.29) is 0 Å². The standard InChI is InChI=1S/C9H10ClNO/c10-9-5-4-8(6-11-9)12-7-2-1-3-7/h4-7H,1-3H2. The van der Waals surface area contributed by atoms with E-state index in [1.54, 1.807) is 12.3 Å². The molecule has 1 saturated carbocycles. The van der Waals surface area contributed by atoms with Gasteiger partial charge < -0.3 is 4.74 Å². The van der Waals surface area contributed by atoms with E-state index in [0.717, 1.165) is 5.75 Å². The monoisotopic (exact) mass is 183 g/mol. The molecule has 0 saturated heterocycles. The van der Waals surface area contributed by atoms with E-state index in [0.29, 0.717) is 11.3 Å². The number of hydrogen-bond donors (Lipinski definition) is 0. The van der Waals surface area contributed by atoms with Crippen LogP contribution in [0.25, 0.3) is 0 Å². The maximum atomic E-state index is 5.63. The van der Waals surface area contributed by atoms with Gasteiger partial charge >= 0.3 is 0 Å². The number of hydrogen-bond acceptors (Lipinski definition) is 2. The number of rotatable bonds is 2. The summed E-state index contributed by atoms with van der Waals surface area (Å²) in [6.07, 6.45) is 5.70. The Bertz CT molecular complexity index is 256. The van der Waals surface area contributed by atoms with Crippen molar-refractivity contribution in [2.75, 3.05) is 0 Å². The number of nitrogens with zero attached hydrogens (tertiary/aromatic N) is 1. The molecular formula is C9H10ClNO. The van der Waals surface area contributed by atoms with Crippen LogP contribution in [0.3, 0.4) is 0 Å². The molecule has 0 aromatic carbocycles. The highest BCUT2D eigenvalue weighted by atomic mass is 35.5. The van der Waals surface area contributed by atoms with Gasteiger partial charge in [-0.15, -0.1) is 0 Å². The third-order valence-corrected chi connectivity index (χ3v) is 2.28. The lowest BCUT2D eigenvalue weighted by Crippen LogP contribution is -2.24. The molecule has 1 fully saturated rings. The first kappa shape index (κ1) is 7.87. The Labute approximate surface area is 76.5 Å². The van der Waals surface area contributed by atoms with Crippen molar-refractivity contribution in [3.63, 3.8) is 0 Å². The largest absolute Gasteiger partial charge is 0.489 e. The van der Waals surface area contributed by atoms with Gasteiger partial charge in [0, 0.05) is 0 Å². The molecule has 0 radical (unpaired) electrons. The Hall–Kier alpha value is -0.760. The lowest BCUT2D eigenvalue weighted by molar-refractivity contribution is 0.120. The molecule has 1 aliphatic rings. The third kappa shape index (κ3) is 1.69. The van der Waals surface area contributed by atoms with Crippen molar-refractivity contribution in [3.8, 4) is 5.75 Å². The average Bonchev–Trinajstić information content (AvgIpc) is 2.00. The van der Waals surface area contributed by atoms with Gasteiger partial charge in [-0.2, -0.15) is 0 Å². The molecule has 0 bridgehead atoms. The second-order valence-corrected chi connectivity index (χ2v) is 3.37. The maximum absolute atomic E-state index is 5.63. The van der Waals surface area contributed by atoms with Crippen LogP contribution in [0.1, 0.15) is 19.3 Å². The fourth-order valence-corrected chi connectivity index (χ4v) is 1.22. The normalized spacial score (nSPS) is 17.1. The van der Waals surface area contributed by atoms with Crippen LogP contribution in [0.2, 0.25) is 5.15 Å². The molecule has 0 atom stereocenters. The summed E-state index contributed by atoms with van der Waals surface area (Å²) in [6, 6.07) is 3.60. The number of ether oxygens (including phenoxy) is 1. The van der Waals surface area contributed by atoms with E-state index in [1.165, 1.54) is 19.3 Å². The summed E-state index contributed by atoms with van der Waals surface area (Å²) in [6.45, 7) is 0. The summed E-state index contributed by atoms with van der Waals surface area (Å²) in [5, 5.41) is 0.510. The zero-order chi connectivity index (χ0) is 8.39. The second-order valence-electron chi connectivity index (χ2n) is 2.99. The summed E-state index contributed by atoms with van der Waals surface area (Å²) in [4.78, 5) is 3.93. The Balaban J connectivity index is 1.98. The van der Waals surface area contributed by atoms with Crippen LogP contribution < -0.4 is 4.74 Å². The van der Waals surface area contributed by atoms with Crippen molar-refractivity contribution in [2.45, 2.75) is 25.4 Å². The molecule has 0 spiro atoms. The van der Waals surface area contributed by atoms with Crippen molar-refractivity contribution in [1.82, 2.24) is 4.98 Å². The highest BCUT2D eigenvalue weighted by Gasteiger charge is 2.18. The van der Waals surface area contributed by atoms with Crippen LogP contribution >= 0.6 is 11.6 Å². The van der Waals surface area contributed by atoms with Crippen LogP contribution in [0.4, 0.5) is 0 Å². The van der Waals surface area contributed by atoms with Gasteiger partial charge in [-0.1, -0.05) is 11.6 Å². The smallest absolute Gasteiger partial charge is 0.138 e. The molecule has 0 N–H and O–H groups in total. The van der Waals surface area contributed by atoms with Gasteiger partial charge in [-0.3, -0.25) is 0 Å². The van der Waals surface area contributed by atoms with Crippen molar-refractivity contribution >= 4 is 11.6 Å². The fraction of sp³-hybridized carbons (Fsp3) is 0.444. The molecule has 3 heteroatoms. The second kappa shape index (κ2) is 3.31. The minimum absolute atomic E-state index is 0.410. The van der Waals surface area contributed by atoms with Gasteiger partial charge in [0.05, 0.1) is 12.3 Å². The minimum Gasteiger partial charge on any atom is -0.489 e. The molecule has 1 aliphatic carbocycles. The predicted octanol–water partition coefficient (Wildman–Crippen LogP) is 2.67. The van der Waals surface area contributed by atoms with Gasteiger partial charge in [0.15, 0.2) is 0 Å². The third-order valence-electron chi connectivity index (χ3n) is 2.06. The fourth-order valence-electron chi connectivity index (χ4n) is 1.11. The van der Waals surface area contributed by atoms with Crippen LogP contribution in [-0.4, -0.2) is 11.1 Å². The van der Waals surface area contributed by atoms with E-state index in [4.69, 9.17) is 16.3 Å². The van der Waals surface area contributed by atoms with E-state index < -0.39 is 0 Å². The Kier molecular flexibility index (Phi) is 2.17. The number of halogens is 1. The average molecular weight is 184 g/mol. The first-order valence-corrected chi connectivity index (χ1v) is 4.50. The summed E-state index contributed by atoms with van der Waals surface area (Å²) < 4.78 is 5.58. The van der Waals surface area contributed by atoms with E-state index in [9.17, 15) is 0 Å². The van der Waals surface area contributed by atoms with Crippen molar-refractivity contribution in [3.05, 3.63) is 23.5 Å². The van der Waals surface area contributed by atoms with Crippen LogP contribution in [-0.2, 0) is 0 Å². The van der Waals surface area contributed by atoms with Crippen LogP contribution in [0.5, 0.6) is 5.75 Å². The molecule has 2 nitrogen and oxygen atoms in total. The molecule has 12 heavy (non-hydrogen) atoms. The molecule has 64 valence electrons. The first-order chi connectivity index (χ1) is 5.84. The van der Waals surface area contributed by atoms with Crippen molar-refractivity contribution in [2.24, 2.45) is 0 Å². The highest BCUT2D eigenvalue weighted by Crippen LogP contribution is 2.24. The van der Waals surface area contributed by atoms with E-state index in [2.05, 4.69) is 4.98 Å². The minimum atomic E-state index is 0.410. The van der Waals surface area contributed by atoms with E-state index >= 15 is 0 Å². The maximum Gasteiger partial charge on any atom is 0.138 e. The highest BCUT2D eigenvalue weighted by molar-refractivity contribution is 6.29. The lowest BCUT2D eigenvalue weighted by atomic mass is 9.96. The first-order valence-electron chi connectivity index (χ1n) is 4.13. The molecular weight excluding hydrogens is 174 g/mol. The SMILES string of the molecule is Clc1ccc(OC2CCC2)cn1.